The fraction of sp³-hybridized carbons (Fsp3) is 0.640. The van der Waals surface area contributed by atoms with Gasteiger partial charge in [-0.25, -0.2) is 0 Å². The van der Waals surface area contributed by atoms with Gasteiger partial charge in [0, 0.05) is 34.7 Å². The smallest absolute Gasteiger partial charge is 0.244 e. The molecule has 0 spiro atoms. The molecule has 0 unspecified atom stereocenters. The van der Waals surface area contributed by atoms with Crippen molar-refractivity contribution >= 4 is 35.2 Å². The third-order valence-corrected chi connectivity index (χ3v) is 7.61. The van der Waals surface area contributed by atoms with Gasteiger partial charge in [-0.2, -0.15) is 0 Å². The Kier molecular flexibility index (Phi) is 9.71. The molecule has 2 atom stereocenters. The van der Waals surface area contributed by atoms with Crippen LogP contribution in [0.3, 0.4) is 0 Å². The minimum atomic E-state index is -0.0899. The molecule has 1 heterocycles. The molecule has 1 N–H and O–H groups in total. The third kappa shape index (κ3) is 7.49. The van der Waals surface area contributed by atoms with E-state index in [2.05, 4.69) is 29.1 Å². The van der Waals surface area contributed by atoms with Gasteiger partial charge in [0.05, 0.1) is 0 Å². The number of carbonyl (C=O) groups excluding carboxylic acids is 1. The minimum Gasteiger partial charge on any atom is -0.353 e. The molecule has 1 amide bonds. The van der Waals surface area contributed by atoms with Crippen LogP contribution in [0, 0.1) is 5.92 Å². The van der Waals surface area contributed by atoms with E-state index in [1.54, 1.807) is 18.2 Å². The van der Waals surface area contributed by atoms with Crippen molar-refractivity contribution < 1.29 is 4.79 Å². The Morgan fingerprint density at radius 1 is 1.19 bits per heavy atom. The third-order valence-electron chi connectivity index (χ3n) is 7.05. The van der Waals surface area contributed by atoms with Crippen molar-refractivity contribution in [2.75, 3.05) is 33.2 Å². The maximum Gasteiger partial charge on any atom is 0.244 e. The maximum atomic E-state index is 12.1. The number of rotatable bonds is 8. The summed E-state index contributed by atoms with van der Waals surface area (Å²) in [6.45, 7) is 6.50. The van der Waals surface area contributed by atoms with Crippen LogP contribution in [0.5, 0.6) is 0 Å². The Labute approximate surface area is 198 Å². The number of halogens is 2. The number of benzene rings is 1. The van der Waals surface area contributed by atoms with Gasteiger partial charge in [-0.3, -0.25) is 4.79 Å². The van der Waals surface area contributed by atoms with E-state index in [0.717, 1.165) is 36.5 Å². The zero-order chi connectivity index (χ0) is 22.2. The van der Waals surface area contributed by atoms with Gasteiger partial charge in [-0.1, -0.05) is 49.0 Å². The lowest BCUT2D eigenvalue weighted by Gasteiger charge is -2.44. The highest BCUT2D eigenvalue weighted by Crippen LogP contribution is 2.30. The predicted octanol–water partition coefficient (Wildman–Crippen LogP) is 5.49. The maximum absolute atomic E-state index is 12.1. The van der Waals surface area contributed by atoms with E-state index >= 15 is 0 Å². The number of piperidine rings is 1. The number of hydrogen-bond donors (Lipinski definition) is 1. The fourth-order valence-corrected chi connectivity index (χ4v) is 5.57. The minimum absolute atomic E-state index is 0.0899. The summed E-state index contributed by atoms with van der Waals surface area (Å²) < 4.78 is 0. The largest absolute Gasteiger partial charge is 0.353 e. The molecular weight excluding hydrogens is 429 g/mol. The van der Waals surface area contributed by atoms with Gasteiger partial charge in [0.15, 0.2) is 0 Å². The van der Waals surface area contributed by atoms with E-state index in [-0.39, 0.29) is 5.91 Å². The van der Waals surface area contributed by atoms with Crippen molar-refractivity contribution in [2.24, 2.45) is 5.92 Å². The number of likely N-dealkylation sites (tertiary alicyclic amines) is 1. The molecular formula is C25H37Cl2N3O. The lowest BCUT2D eigenvalue weighted by molar-refractivity contribution is -0.116. The second-order valence-electron chi connectivity index (χ2n) is 9.21. The number of carbonyl (C=O) groups is 1. The van der Waals surface area contributed by atoms with E-state index in [0.29, 0.717) is 16.6 Å². The highest BCUT2D eigenvalue weighted by atomic mass is 35.5. The average molecular weight is 466 g/mol. The van der Waals surface area contributed by atoms with E-state index in [9.17, 15) is 4.79 Å². The summed E-state index contributed by atoms with van der Waals surface area (Å²) >= 11 is 12.0. The molecule has 1 aromatic rings. The van der Waals surface area contributed by atoms with Crippen LogP contribution >= 0.6 is 23.2 Å². The number of hydrogen-bond acceptors (Lipinski definition) is 3. The summed E-state index contributed by atoms with van der Waals surface area (Å²) in [6, 6.07) is 6.76. The monoisotopic (exact) mass is 465 g/mol. The van der Waals surface area contributed by atoms with Crippen molar-refractivity contribution in [3.05, 3.63) is 39.9 Å². The van der Waals surface area contributed by atoms with Crippen LogP contribution in [-0.4, -0.2) is 61.0 Å². The topological polar surface area (TPSA) is 35.6 Å². The van der Waals surface area contributed by atoms with Crippen LogP contribution in [0.25, 0.3) is 6.08 Å². The normalized spacial score (nSPS) is 23.5. The number of nitrogens with zero attached hydrogens (tertiary/aromatic N) is 2. The average Bonchev–Trinajstić information content (AvgIpc) is 2.76. The summed E-state index contributed by atoms with van der Waals surface area (Å²) in [6.07, 6.45) is 12.3. The van der Waals surface area contributed by atoms with Crippen LogP contribution in [0.4, 0.5) is 0 Å². The quantitative estimate of drug-likeness (QED) is 0.407. The Morgan fingerprint density at radius 3 is 2.65 bits per heavy atom. The van der Waals surface area contributed by atoms with Crippen molar-refractivity contribution in [1.29, 1.82) is 0 Å². The Balaban J connectivity index is 1.31. The molecule has 1 aliphatic heterocycles. The zero-order valence-electron chi connectivity index (χ0n) is 19.0. The molecule has 2 aliphatic rings. The van der Waals surface area contributed by atoms with Crippen LogP contribution in [0.2, 0.25) is 10.0 Å². The molecule has 0 aromatic heterocycles. The first-order valence-corrected chi connectivity index (χ1v) is 12.5. The summed E-state index contributed by atoms with van der Waals surface area (Å²) in [5, 5.41) is 4.10. The predicted molar refractivity (Wildman–Crippen MR) is 132 cm³/mol. The highest BCUT2D eigenvalue weighted by molar-refractivity contribution is 6.35. The molecule has 0 radical (unpaired) electrons. The van der Waals surface area contributed by atoms with Gasteiger partial charge in [0.2, 0.25) is 5.91 Å². The van der Waals surface area contributed by atoms with Crippen molar-refractivity contribution in [2.45, 2.75) is 64.0 Å². The SMILES string of the molecule is C[C@H]1CCCC[C@H]1N(C)C1CCN(CCCNC(=O)/C=C/c2ccc(Cl)cc2Cl)CC1. The van der Waals surface area contributed by atoms with Gasteiger partial charge in [-0.15, -0.1) is 0 Å². The Morgan fingerprint density at radius 2 is 1.94 bits per heavy atom. The Bertz CT molecular complexity index is 746. The van der Waals surface area contributed by atoms with E-state index in [1.807, 2.05) is 6.07 Å². The van der Waals surface area contributed by atoms with Crippen LogP contribution in [0.15, 0.2) is 24.3 Å². The van der Waals surface area contributed by atoms with Gasteiger partial charge >= 0.3 is 0 Å². The first-order valence-electron chi connectivity index (χ1n) is 11.8. The summed E-state index contributed by atoms with van der Waals surface area (Å²) in [5.74, 6) is 0.748. The van der Waals surface area contributed by atoms with Crippen LogP contribution in [0.1, 0.15) is 57.4 Å². The van der Waals surface area contributed by atoms with Crippen molar-refractivity contribution in [3.8, 4) is 0 Å². The molecule has 0 bridgehead atoms. The van der Waals surface area contributed by atoms with Gasteiger partial charge in [0.1, 0.15) is 0 Å². The van der Waals surface area contributed by atoms with Crippen molar-refractivity contribution in [1.82, 2.24) is 15.1 Å². The second kappa shape index (κ2) is 12.2. The summed E-state index contributed by atoms with van der Waals surface area (Å²) in [5.41, 5.74) is 0.789. The highest BCUT2D eigenvalue weighted by Gasteiger charge is 2.31. The standard InChI is InChI=1S/C25H37Cl2N3O/c1-19-6-3-4-7-24(19)29(2)22-12-16-30(17-13-22)15-5-14-28-25(31)11-9-20-8-10-21(26)18-23(20)27/h8-11,18-19,22,24H,3-7,12-17H2,1-2H3,(H,28,31)/b11-9+/t19-,24+/m0/s1. The molecule has 6 heteroatoms. The molecule has 1 aromatic carbocycles. The fourth-order valence-electron chi connectivity index (χ4n) is 5.10. The zero-order valence-corrected chi connectivity index (χ0v) is 20.5. The molecule has 1 saturated heterocycles. The molecule has 2 fully saturated rings. The molecule has 1 saturated carbocycles. The van der Waals surface area contributed by atoms with Crippen molar-refractivity contribution in [3.63, 3.8) is 0 Å². The number of amides is 1. The Hall–Kier alpha value is -1.07. The first kappa shape index (κ1) is 24.6. The van der Waals surface area contributed by atoms with Gasteiger partial charge in [-0.05, 0) is 88.5 Å². The lowest BCUT2D eigenvalue weighted by atomic mass is 9.84. The molecule has 3 rings (SSSR count). The van der Waals surface area contributed by atoms with Gasteiger partial charge in [0.25, 0.3) is 0 Å². The molecule has 4 nitrogen and oxygen atoms in total. The summed E-state index contributed by atoms with van der Waals surface area (Å²) in [4.78, 5) is 17.3. The number of nitrogens with one attached hydrogen (secondary N) is 1. The second-order valence-corrected chi connectivity index (χ2v) is 10.1. The van der Waals surface area contributed by atoms with Crippen LogP contribution < -0.4 is 5.32 Å². The molecule has 31 heavy (non-hydrogen) atoms. The molecule has 172 valence electrons. The van der Waals surface area contributed by atoms with Gasteiger partial charge < -0.3 is 15.1 Å². The lowest BCUT2D eigenvalue weighted by Crippen LogP contribution is -2.50. The van der Waals surface area contributed by atoms with E-state index in [1.165, 1.54) is 57.7 Å². The van der Waals surface area contributed by atoms with E-state index < -0.39 is 0 Å². The van der Waals surface area contributed by atoms with E-state index in [4.69, 9.17) is 23.2 Å². The first-order chi connectivity index (χ1) is 14.9. The summed E-state index contributed by atoms with van der Waals surface area (Å²) in [7, 11) is 2.35. The van der Waals surface area contributed by atoms with Crippen LogP contribution in [-0.2, 0) is 4.79 Å². The molecule has 1 aliphatic carbocycles.